The number of carbonyl (C=O) groups is 1. The van der Waals surface area contributed by atoms with E-state index >= 15 is 0 Å². The van der Waals surface area contributed by atoms with Crippen LogP contribution in [0.1, 0.15) is 19.4 Å². The number of amides is 1. The van der Waals surface area contributed by atoms with Crippen LogP contribution in [0.15, 0.2) is 24.5 Å². The van der Waals surface area contributed by atoms with Gasteiger partial charge in [0.2, 0.25) is 5.91 Å². The topological polar surface area (TPSA) is 68.0 Å². The molecule has 1 rings (SSSR count). The van der Waals surface area contributed by atoms with Crippen molar-refractivity contribution in [3.63, 3.8) is 0 Å². The molecule has 0 bridgehead atoms. The molecule has 0 saturated heterocycles. The molecule has 3 N–H and O–H groups in total. The molecule has 0 aliphatic rings. The summed E-state index contributed by atoms with van der Waals surface area (Å²) in [6.07, 6.45) is 4.32. The first-order valence-electron chi connectivity index (χ1n) is 5.52. The van der Waals surface area contributed by atoms with E-state index < -0.39 is 0 Å². The average Bonchev–Trinajstić information content (AvgIpc) is 2.29. The number of pyridine rings is 1. The molecule has 0 aromatic carbocycles. The number of hydrogen-bond donors (Lipinski definition) is 2. The summed E-state index contributed by atoms with van der Waals surface area (Å²) in [5.41, 5.74) is 6.60. The maximum Gasteiger partial charge on any atom is 0.224 e. The van der Waals surface area contributed by atoms with E-state index in [0.29, 0.717) is 6.54 Å². The predicted octanol–water partition coefficient (Wildman–Crippen LogP) is 0.724. The lowest BCUT2D eigenvalue weighted by Crippen LogP contribution is -2.39. The zero-order valence-electron chi connectivity index (χ0n) is 9.81. The van der Waals surface area contributed by atoms with Crippen molar-refractivity contribution in [3.05, 3.63) is 30.1 Å². The Kier molecular flexibility index (Phi) is 4.92. The van der Waals surface area contributed by atoms with Crippen LogP contribution in [0, 0.1) is 5.92 Å². The van der Waals surface area contributed by atoms with Crippen molar-refractivity contribution in [1.29, 1.82) is 0 Å². The summed E-state index contributed by atoms with van der Waals surface area (Å²) in [6, 6.07) is 4.02. The fourth-order valence-corrected chi connectivity index (χ4v) is 1.42. The molecular formula is C12H19N3O. The van der Waals surface area contributed by atoms with Crippen LogP contribution in [-0.2, 0) is 11.2 Å². The molecule has 88 valence electrons. The van der Waals surface area contributed by atoms with E-state index in [-0.39, 0.29) is 17.9 Å². The predicted molar refractivity (Wildman–Crippen MR) is 63.8 cm³/mol. The normalized spacial score (nSPS) is 14.2. The minimum atomic E-state index is -0.125. The van der Waals surface area contributed by atoms with Crippen LogP contribution < -0.4 is 11.1 Å². The second-order valence-corrected chi connectivity index (χ2v) is 4.11. The second-order valence-electron chi connectivity index (χ2n) is 4.11. The first kappa shape index (κ1) is 12.6. The number of nitrogens with one attached hydrogen (secondary N) is 1. The SMILES string of the molecule is CC(Cc1ccncc1)NC(=O)C(C)CN. The molecule has 1 aromatic heterocycles. The zero-order chi connectivity index (χ0) is 12.0. The van der Waals surface area contributed by atoms with E-state index in [4.69, 9.17) is 5.73 Å². The molecule has 16 heavy (non-hydrogen) atoms. The maximum atomic E-state index is 11.6. The molecule has 1 heterocycles. The number of carbonyl (C=O) groups excluding carboxylic acids is 1. The highest BCUT2D eigenvalue weighted by atomic mass is 16.1. The van der Waals surface area contributed by atoms with Gasteiger partial charge < -0.3 is 11.1 Å². The Hall–Kier alpha value is -1.42. The third-order valence-electron chi connectivity index (χ3n) is 2.48. The van der Waals surface area contributed by atoms with E-state index in [2.05, 4.69) is 10.3 Å². The molecule has 0 aliphatic carbocycles. The molecule has 1 aromatic rings. The van der Waals surface area contributed by atoms with Crippen molar-refractivity contribution in [2.24, 2.45) is 11.7 Å². The fraction of sp³-hybridized carbons (Fsp3) is 0.500. The van der Waals surface area contributed by atoms with Crippen molar-refractivity contribution in [1.82, 2.24) is 10.3 Å². The standard InChI is InChI=1S/C12H19N3O/c1-9(8-13)12(16)15-10(2)7-11-3-5-14-6-4-11/h3-6,9-10H,7-8,13H2,1-2H3,(H,15,16). The first-order valence-corrected chi connectivity index (χ1v) is 5.52. The molecule has 0 aliphatic heterocycles. The van der Waals surface area contributed by atoms with Gasteiger partial charge >= 0.3 is 0 Å². The van der Waals surface area contributed by atoms with Gasteiger partial charge in [0.15, 0.2) is 0 Å². The summed E-state index contributed by atoms with van der Waals surface area (Å²) in [5.74, 6) is -0.107. The van der Waals surface area contributed by atoms with Crippen LogP contribution in [0.25, 0.3) is 0 Å². The molecule has 0 saturated carbocycles. The maximum absolute atomic E-state index is 11.6. The van der Waals surface area contributed by atoms with E-state index in [1.165, 1.54) is 5.56 Å². The van der Waals surface area contributed by atoms with Crippen molar-refractivity contribution >= 4 is 5.91 Å². The minimum absolute atomic E-state index is 0.0176. The summed E-state index contributed by atoms with van der Waals surface area (Å²) in [7, 11) is 0. The van der Waals surface area contributed by atoms with Gasteiger partial charge in [-0.3, -0.25) is 9.78 Å². The monoisotopic (exact) mass is 221 g/mol. The Labute approximate surface area is 96.3 Å². The van der Waals surface area contributed by atoms with Gasteiger partial charge in [-0.15, -0.1) is 0 Å². The highest BCUT2D eigenvalue weighted by molar-refractivity contribution is 5.78. The van der Waals surface area contributed by atoms with Gasteiger partial charge in [-0.1, -0.05) is 6.92 Å². The summed E-state index contributed by atoms with van der Waals surface area (Å²) >= 11 is 0. The van der Waals surface area contributed by atoms with Gasteiger partial charge in [0, 0.05) is 30.9 Å². The number of nitrogens with zero attached hydrogens (tertiary/aromatic N) is 1. The van der Waals surface area contributed by atoms with Gasteiger partial charge in [0.25, 0.3) is 0 Å². The Morgan fingerprint density at radius 3 is 2.62 bits per heavy atom. The lowest BCUT2D eigenvalue weighted by atomic mass is 10.1. The van der Waals surface area contributed by atoms with Crippen molar-refractivity contribution in [2.75, 3.05) is 6.54 Å². The summed E-state index contributed by atoms with van der Waals surface area (Å²) in [4.78, 5) is 15.5. The zero-order valence-corrected chi connectivity index (χ0v) is 9.81. The Bertz CT molecular complexity index is 326. The van der Waals surface area contributed by atoms with Gasteiger partial charge in [-0.25, -0.2) is 0 Å². The molecule has 0 spiro atoms. The van der Waals surface area contributed by atoms with Gasteiger partial charge in [-0.05, 0) is 31.0 Å². The molecule has 0 radical (unpaired) electrons. The van der Waals surface area contributed by atoms with Crippen LogP contribution in [0.3, 0.4) is 0 Å². The highest BCUT2D eigenvalue weighted by Crippen LogP contribution is 2.02. The number of rotatable bonds is 5. The molecule has 2 atom stereocenters. The van der Waals surface area contributed by atoms with E-state index in [0.717, 1.165) is 6.42 Å². The van der Waals surface area contributed by atoms with Crippen LogP contribution >= 0.6 is 0 Å². The molecule has 2 unspecified atom stereocenters. The smallest absolute Gasteiger partial charge is 0.224 e. The Morgan fingerprint density at radius 2 is 2.06 bits per heavy atom. The lowest BCUT2D eigenvalue weighted by Gasteiger charge is -2.16. The summed E-state index contributed by atoms with van der Waals surface area (Å²) in [5, 5.41) is 2.94. The Balaban J connectivity index is 2.42. The molecule has 4 heteroatoms. The second kappa shape index (κ2) is 6.23. The van der Waals surface area contributed by atoms with Crippen LogP contribution in [0.5, 0.6) is 0 Å². The quantitative estimate of drug-likeness (QED) is 0.770. The first-order chi connectivity index (χ1) is 7.63. The van der Waals surface area contributed by atoms with Crippen LogP contribution in [0.4, 0.5) is 0 Å². The van der Waals surface area contributed by atoms with E-state index in [9.17, 15) is 4.79 Å². The number of nitrogens with two attached hydrogens (primary N) is 1. The number of aromatic nitrogens is 1. The van der Waals surface area contributed by atoms with E-state index in [1.54, 1.807) is 12.4 Å². The summed E-state index contributed by atoms with van der Waals surface area (Å²) in [6.45, 7) is 4.20. The van der Waals surface area contributed by atoms with Crippen molar-refractivity contribution in [3.8, 4) is 0 Å². The molecule has 0 fully saturated rings. The molecular weight excluding hydrogens is 202 g/mol. The average molecular weight is 221 g/mol. The Morgan fingerprint density at radius 1 is 1.44 bits per heavy atom. The number of hydrogen-bond acceptors (Lipinski definition) is 3. The minimum Gasteiger partial charge on any atom is -0.353 e. The highest BCUT2D eigenvalue weighted by Gasteiger charge is 2.13. The molecule has 4 nitrogen and oxygen atoms in total. The lowest BCUT2D eigenvalue weighted by molar-refractivity contribution is -0.124. The third kappa shape index (κ3) is 3.98. The van der Waals surface area contributed by atoms with Crippen molar-refractivity contribution < 1.29 is 4.79 Å². The van der Waals surface area contributed by atoms with Gasteiger partial charge in [0.05, 0.1) is 0 Å². The van der Waals surface area contributed by atoms with Crippen LogP contribution in [-0.4, -0.2) is 23.5 Å². The van der Waals surface area contributed by atoms with Gasteiger partial charge in [0.1, 0.15) is 0 Å². The molecule has 1 amide bonds. The van der Waals surface area contributed by atoms with Crippen molar-refractivity contribution in [2.45, 2.75) is 26.3 Å². The largest absolute Gasteiger partial charge is 0.353 e. The summed E-state index contributed by atoms with van der Waals surface area (Å²) < 4.78 is 0. The third-order valence-corrected chi connectivity index (χ3v) is 2.48. The van der Waals surface area contributed by atoms with Gasteiger partial charge in [-0.2, -0.15) is 0 Å². The van der Waals surface area contributed by atoms with E-state index in [1.807, 2.05) is 26.0 Å². The fourth-order valence-electron chi connectivity index (χ4n) is 1.42. The van der Waals surface area contributed by atoms with Crippen LogP contribution in [0.2, 0.25) is 0 Å².